The highest BCUT2D eigenvalue weighted by molar-refractivity contribution is 5.93. The van der Waals surface area contributed by atoms with E-state index in [4.69, 9.17) is 0 Å². The monoisotopic (exact) mass is 364 g/mol. The van der Waals surface area contributed by atoms with Crippen molar-refractivity contribution in [3.8, 4) is 22.8 Å². The molecule has 0 unspecified atom stereocenters. The van der Waals surface area contributed by atoms with Crippen molar-refractivity contribution in [1.82, 2.24) is 29.3 Å². The highest BCUT2D eigenvalue weighted by atomic mass is 16.2. The van der Waals surface area contributed by atoms with E-state index in [1.54, 1.807) is 11.7 Å². The molecule has 8 heteroatoms. The summed E-state index contributed by atoms with van der Waals surface area (Å²) in [4.78, 5) is 34.3. The van der Waals surface area contributed by atoms with Crippen molar-refractivity contribution in [3.05, 3.63) is 57.5 Å². The molecule has 0 atom stereocenters. The SMILES string of the molecule is CCCCn1nc(-c2c[nH]c3ccccc23)nc1-c1cn(C)c(=O)[nH]c1=O. The largest absolute Gasteiger partial charge is 0.360 e. The summed E-state index contributed by atoms with van der Waals surface area (Å²) >= 11 is 0. The minimum Gasteiger partial charge on any atom is -0.360 e. The molecule has 8 nitrogen and oxygen atoms in total. The van der Waals surface area contributed by atoms with Crippen LogP contribution in [0, 0.1) is 0 Å². The first-order valence-electron chi connectivity index (χ1n) is 8.90. The van der Waals surface area contributed by atoms with Gasteiger partial charge in [-0.1, -0.05) is 31.5 Å². The van der Waals surface area contributed by atoms with Gasteiger partial charge in [-0.2, -0.15) is 5.10 Å². The topological polar surface area (TPSA) is 101 Å². The number of hydrogen-bond acceptors (Lipinski definition) is 4. The van der Waals surface area contributed by atoms with E-state index in [1.165, 1.54) is 10.8 Å². The quantitative estimate of drug-likeness (QED) is 0.567. The number of rotatable bonds is 5. The maximum absolute atomic E-state index is 12.4. The molecule has 0 amide bonds. The maximum atomic E-state index is 12.4. The minimum absolute atomic E-state index is 0.326. The Hall–Kier alpha value is -3.42. The molecule has 0 aliphatic rings. The third-order valence-corrected chi connectivity index (χ3v) is 4.57. The summed E-state index contributed by atoms with van der Waals surface area (Å²) in [7, 11) is 1.59. The van der Waals surface area contributed by atoms with Crippen molar-refractivity contribution in [3.63, 3.8) is 0 Å². The minimum atomic E-state index is -0.464. The molecular formula is C19H20N6O2. The fourth-order valence-corrected chi connectivity index (χ4v) is 3.10. The molecule has 0 radical (unpaired) electrons. The van der Waals surface area contributed by atoms with E-state index in [0.29, 0.717) is 23.8 Å². The van der Waals surface area contributed by atoms with Crippen molar-refractivity contribution < 1.29 is 0 Å². The van der Waals surface area contributed by atoms with Gasteiger partial charge in [-0.25, -0.2) is 14.5 Å². The van der Waals surface area contributed by atoms with Crippen molar-refractivity contribution >= 4 is 10.9 Å². The van der Waals surface area contributed by atoms with E-state index >= 15 is 0 Å². The van der Waals surface area contributed by atoms with Crippen molar-refractivity contribution in [1.29, 1.82) is 0 Å². The van der Waals surface area contributed by atoms with E-state index in [-0.39, 0.29) is 0 Å². The molecule has 138 valence electrons. The first kappa shape index (κ1) is 17.0. The number of aromatic amines is 2. The molecule has 2 N–H and O–H groups in total. The first-order chi connectivity index (χ1) is 13.1. The number of para-hydroxylation sites is 1. The second-order valence-corrected chi connectivity index (χ2v) is 6.50. The standard InChI is InChI=1S/C19H20N6O2/c1-3-4-9-25-17(14-11-24(2)19(27)22-18(14)26)21-16(23-25)13-10-20-15-8-6-5-7-12(13)15/h5-8,10-11,20H,3-4,9H2,1-2H3,(H,22,26,27). The van der Waals surface area contributed by atoms with Crippen LogP contribution in [0.3, 0.4) is 0 Å². The summed E-state index contributed by atoms with van der Waals surface area (Å²) in [6.07, 6.45) is 5.28. The molecule has 0 bridgehead atoms. The highest BCUT2D eigenvalue weighted by Crippen LogP contribution is 2.27. The van der Waals surface area contributed by atoms with Gasteiger partial charge in [0.25, 0.3) is 5.56 Å². The molecule has 3 heterocycles. The Morgan fingerprint density at radius 1 is 1.15 bits per heavy atom. The van der Waals surface area contributed by atoms with Crippen molar-refractivity contribution in [2.24, 2.45) is 7.05 Å². The molecule has 3 aromatic heterocycles. The van der Waals surface area contributed by atoms with Crippen LogP contribution in [-0.4, -0.2) is 29.3 Å². The van der Waals surface area contributed by atoms with Gasteiger partial charge in [-0.15, -0.1) is 0 Å². The molecule has 0 spiro atoms. The maximum Gasteiger partial charge on any atom is 0.328 e. The summed E-state index contributed by atoms with van der Waals surface area (Å²) in [5, 5.41) is 5.67. The summed E-state index contributed by atoms with van der Waals surface area (Å²) in [5.41, 5.74) is 1.28. The number of benzene rings is 1. The first-order valence-corrected chi connectivity index (χ1v) is 8.90. The van der Waals surface area contributed by atoms with Gasteiger partial charge in [0.2, 0.25) is 0 Å². The van der Waals surface area contributed by atoms with E-state index in [0.717, 1.165) is 29.3 Å². The lowest BCUT2D eigenvalue weighted by molar-refractivity contribution is 0.576. The molecule has 1 aromatic carbocycles. The predicted octanol–water partition coefficient (Wildman–Crippen LogP) is 2.28. The number of hydrogen-bond donors (Lipinski definition) is 2. The smallest absolute Gasteiger partial charge is 0.328 e. The second kappa shape index (κ2) is 6.71. The van der Waals surface area contributed by atoms with Crippen LogP contribution in [0.4, 0.5) is 0 Å². The Morgan fingerprint density at radius 3 is 2.78 bits per heavy atom. The number of nitrogens with one attached hydrogen (secondary N) is 2. The Morgan fingerprint density at radius 2 is 1.96 bits per heavy atom. The van der Waals surface area contributed by atoms with Gasteiger partial charge >= 0.3 is 5.69 Å². The summed E-state index contributed by atoms with van der Waals surface area (Å²) < 4.78 is 3.08. The Bertz CT molecular complexity index is 1230. The molecule has 4 rings (SSSR count). The van der Waals surface area contributed by atoms with Crippen LogP contribution in [0.5, 0.6) is 0 Å². The summed E-state index contributed by atoms with van der Waals surface area (Å²) in [6, 6.07) is 7.93. The van der Waals surface area contributed by atoms with Gasteiger partial charge in [-0.3, -0.25) is 9.78 Å². The van der Waals surface area contributed by atoms with Crippen LogP contribution >= 0.6 is 0 Å². The van der Waals surface area contributed by atoms with Gasteiger partial charge in [-0.05, 0) is 12.5 Å². The summed E-state index contributed by atoms with van der Waals surface area (Å²) in [6.45, 7) is 2.74. The van der Waals surface area contributed by atoms with Crippen molar-refractivity contribution in [2.45, 2.75) is 26.3 Å². The zero-order valence-electron chi connectivity index (χ0n) is 15.2. The fraction of sp³-hybridized carbons (Fsp3) is 0.263. The molecule has 0 saturated heterocycles. The van der Waals surface area contributed by atoms with E-state index in [2.05, 4.69) is 27.0 Å². The van der Waals surface area contributed by atoms with E-state index in [1.807, 2.05) is 30.5 Å². The molecule has 0 aliphatic heterocycles. The average Bonchev–Trinajstić information content (AvgIpc) is 3.27. The fourth-order valence-electron chi connectivity index (χ4n) is 3.10. The molecular weight excluding hydrogens is 344 g/mol. The Balaban J connectivity index is 1.90. The lowest BCUT2D eigenvalue weighted by Gasteiger charge is -2.05. The van der Waals surface area contributed by atoms with Crippen LogP contribution in [-0.2, 0) is 13.6 Å². The highest BCUT2D eigenvalue weighted by Gasteiger charge is 2.18. The average molecular weight is 364 g/mol. The zero-order valence-corrected chi connectivity index (χ0v) is 15.2. The zero-order chi connectivity index (χ0) is 19.0. The van der Waals surface area contributed by atoms with Crippen LogP contribution in [0.1, 0.15) is 19.8 Å². The number of aryl methyl sites for hydroxylation is 2. The Labute approximate surface area is 154 Å². The number of unbranched alkanes of at least 4 members (excludes halogenated alkanes) is 1. The number of nitrogens with zero attached hydrogens (tertiary/aromatic N) is 4. The van der Waals surface area contributed by atoms with E-state index < -0.39 is 11.2 Å². The molecule has 0 saturated carbocycles. The lowest BCUT2D eigenvalue weighted by Crippen LogP contribution is -2.29. The van der Waals surface area contributed by atoms with Gasteiger partial charge in [0.05, 0.1) is 0 Å². The van der Waals surface area contributed by atoms with Crippen molar-refractivity contribution in [2.75, 3.05) is 0 Å². The summed E-state index contributed by atoms with van der Waals surface area (Å²) in [5.74, 6) is 1.01. The number of fused-ring (bicyclic) bond motifs is 1. The third-order valence-electron chi connectivity index (χ3n) is 4.57. The normalized spacial score (nSPS) is 11.3. The van der Waals surface area contributed by atoms with Gasteiger partial charge in [0.15, 0.2) is 11.6 Å². The van der Waals surface area contributed by atoms with Crippen LogP contribution in [0.25, 0.3) is 33.7 Å². The molecule has 0 aliphatic carbocycles. The molecule has 27 heavy (non-hydrogen) atoms. The van der Waals surface area contributed by atoms with Crippen LogP contribution in [0.15, 0.2) is 46.2 Å². The van der Waals surface area contributed by atoms with Gasteiger partial charge < -0.3 is 9.55 Å². The number of aromatic nitrogens is 6. The van der Waals surface area contributed by atoms with Gasteiger partial charge in [0, 0.05) is 42.5 Å². The Kier molecular flexibility index (Phi) is 4.23. The number of H-pyrrole nitrogens is 2. The molecule has 0 fully saturated rings. The second-order valence-electron chi connectivity index (χ2n) is 6.50. The van der Waals surface area contributed by atoms with Crippen LogP contribution in [0.2, 0.25) is 0 Å². The lowest BCUT2D eigenvalue weighted by atomic mass is 10.2. The third kappa shape index (κ3) is 2.99. The predicted molar refractivity (Wildman–Crippen MR) is 104 cm³/mol. The van der Waals surface area contributed by atoms with Crippen LogP contribution < -0.4 is 11.2 Å². The van der Waals surface area contributed by atoms with E-state index in [9.17, 15) is 9.59 Å². The molecule has 4 aromatic rings. The van der Waals surface area contributed by atoms with Gasteiger partial charge in [0.1, 0.15) is 5.56 Å².